The van der Waals surface area contributed by atoms with Crippen molar-refractivity contribution in [3.05, 3.63) is 23.8 Å². The highest BCUT2D eigenvalue weighted by molar-refractivity contribution is 8.32. The van der Waals surface area contributed by atoms with Crippen molar-refractivity contribution in [3.63, 3.8) is 0 Å². The molecule has 0 atom stereocenters. The summed E-state index contributed by atoms with van der Waals surface area (Å²) in [6.07, 6.45) is 7.71. The van der Waals surface area contributed by atoms with Gasteiger partial charge in [0.05, 0.1) is 25.3 Å². The van der Waals surface area contributed by atoms with Crippen molar-refractivity contribution in [2.75, 3.05) is 38.2 Å². The molecule has 0 N–H and O–H groups in total. The lowest BCUT2D eigenvalue weighted by Gasteiger charge is -2.24. The van der Waals surface area contributed by atoms with Gasteiger partial charge in [-0.15, -0.1) is 0 Å². The van der Waals surface area contributed by atoms with Crippen LogP contribution in [0.2, 0.25) is 0 Å². The van der Waals surface area contributed by atoms with Crippen LogP contribution in [0.3, 0.4) is 0 Å². The topological polar surface area (TPSA) is 66.2 Å². The molecule has 0 fully saturated rings. The maximum Gasteiger partial charge on any atom is 0.359 e. The molecular formula is C14H20FN3O3S. The van der Waals surface area contributed by atoms with E-state index in [0.717, 1.165) is 11.9 Å². The van der Waals surface area contributed by atoms with Crippen molar-refractivity contribution in [2.24, 2.45) is 0 Å². The van der Waals surface area contributed by atoms with Crippen LogP contribution < -0.4 is 0 Å². The van der Waals surface area contributed by atoms with E-state index in [-0.39, 0.29) is 12.4 Å². The molecule has 8 heteroatoms. The van der Waals surface area contributed by atoms with Gasteiger partial charge in [0.25, 0.3) is 0 Å². The number of hydrogen-bond acceptors (Lipinski definition) is 5. The van der Waals surface area contributed by atoms with Crippen LogP contribution in [0.25, 0.3) is 11.0 Å². The van der Waals surface area contributed by atoms with Crippen LogP contribution in [0.1, 0.15) is 10.5 Å². The molecule has 0 saturated carbocycles. The van der Waals surface area contributed by atoms with E-state index in [0.29, 0.717) is 17.6 Å². The summed E-state index contributed by atoms with van der Waals surface area (Å²) >= 11 is 0. The number of nitrogens with zero attached hydrogens (tertiary/aromatic N) is 3. The van der Waals surface area contributed by atoms with Gasteiger partial charge in [-0.3, -0.25) is 0 Å². The summed E-state index contributed by atoms with van der Waals surface area (Å²) in [5.74, 6) is -0.192. The lowest BCUT2D eigenvalue weighted by Crippen LogP contribution is -2.12. The number of esters is 1. The largest absolute Gasteiger partial charge is 0.464 e. The number of carbonyl (C=O) groups excluding carboxylic acids is 1. The first-order valence-corrected chi connectivity index (χ1v) is 9.68. The van der Waals surface area contributed by atoms with Crippen LogP contribution in [-0.4, -0.2) is 59.0 Å². The number of methoxy groups -OCH3 is 1. The van der Waals surface area contributed by atoms with Gasteiger partial charge in [0.2, 0.25) is 0 Å². The molecule has 2 heterocycles. The Kier molecular flexibility index (Phi) is 5.02. The third-order valence-electron chi connectivity index (χ3n) is 2.99. The van der Waals surface area contributed by atoms with Crippen molar-refractivity contribution in [1.29, 1.82) is 0 Å². The Bertz CT molecular complexity index is 682. The fourth-order valence-corrected chi connectivity index (χ4v) is 2.45. The summed E-state index contributed by atoms with van der Waals surface area (Å²) in [5, 5.41) is 4.45. The van der Waals surface area contributed by atoms with Gasteiger partial charge in [-0.05, 0) is 24.8 Å². The minimum Gasteiger partial charge on any atom is -0.464 e. The molecule has 2 rings (SSSR count). The minimum atomic E-state index is -0.633. The first-order valence-electron chi connectivity index (χ1n) is 6.66. The SMILES string of the molecule is COC(=O)c1nn(COCCS(C)(C)C)c2ncc(F)cc12. The first kappa shape index (κ1) is 16.7. The summed E-state index contributed by atoms with van der Waals surface area (Å²) in [4.78, 5) is 15.7. The number of hydrogen-bond donors (Lipinski definition) is 0. The lowest BCUT2D eigenvalue weighted by molar-refractivity contribution is 0.0586. The number of pyridine rings is 1. The van der Waals surface area contributed by atoms with Crippen LogP contribution in [0.4, 0.5) is 4.39 Å². The average molecular weight is 329 g/mol. The van der Waals surface area contributed by atoms with Crippen LogP contribution in [0.5, 0.6) is 0 Å². The van der Waals surface area contributed by atoms with Crippen molar-refractivity contribution in [2.45, 2.75) is 6.73 Å². The maximum atomic E-state index is 13.4. The van der Waals surface area contributed by atoms with Gasteiger partial charge in [-0.1, -0.05) is 0 Å². The van der Waals surface area contributed by atoms with E-state index in [1.807, 2.05) is 0 Å². The van der Waals surface area contributed by atoms with Crippen LogP contribution >= 0.6 is 10.0 Å². The highest BCUT2D eigenvalue weighted by atomic mass is 32.3. The average Bonchev–Trinajstić information content (AvgIpc) is 2.79. The summed E-state index contributed by atoms with van der Waals surface area (Å²) in [5.41, 5.74) is 0.430. The predicted octanol–water partition coefficient (Wildman–Crippen LogP) is 2.03. The number of carbonyl (C=O) groups is 1. The number of ether oxygens (including phenoxy) is 2. The summed E-state index contributed by atoms with van der Waals surface area (Å²) in [7, 11) is 0.620. The molecule has 0 aromatic carbocycles. The molecule has 0 radical (unpaired) electrons. The lowest BCUT2D eigenvalue weighted by atomic mass is 10.2. The quantitative estimate of drug-likeness (QED) is 0.599. The fourth-order valence-electron chi connectivity index (χ4n) is 1.83. The van der Waals surface area contributed by atoms with E-state index >= 15 is 0 Å². The molecule has 0 aliphatic rings. The van der Waals surface area contributed by atoms with Crippen LogP contribution in [0.15, 0.2) is 12.3 Å². The Morgan fingerprint density at radius 3 is 2.77 bits per heavy atom. The van der Waals surface area contributed by atoms with Gasteiger partial charge >= 0.3 is 5.97 Å². The van der Waals surface area contributed by atoms with Crippen molar-refractivity contribution < 1.29 is 18.7 Å². The van der Waals surface area contributed by atoms with Crippen molar-refractivity contribution in [3.8, 4) is 0 Å². The van der Waals surface area contributed by atoms with E-state index in [1.165, 1.54) is 17.9 Å². The van der Waals surface area contributed by atoms with Crippen molar-refractivity contribution >= 4 is 27.0 Å². The molecular weight excluding hydrogens is 309 g/mol. The number of rotatable bonds is 6. The Labute approximate surface area is 129 Å². The molecule has 0 amide bonds. The highest BCUT2D eigenvalue weighted by Crippen LogP contribution is 2.33. The Hall–Kier alpha value is -1.67. The smallest absolute Gasteiger partial charge is 0.359 e. The summed E-state index contributed by atoms with van der Waals surface area (Å²) in [6.45, 7) is 0.747. The van der Waals surface area contributed by atoms with E-state index in [2.05, 4.69) is 33.6 Å². The second kappa shape index (κ2) is 6.62. The Morgan fingerprint density at radius 1 is 1.41 bits per heavy atom. The zero-order chi connectivity index (χ0) is 16.3. The molecule has 0 unspecified atom stereocenters. The van der Waals surface area contributed by atoms with E-state index in [9.17, 15) is 9.18 Å². The number of aromatic nitrogens is 3. The molecule has 0 saturated heterocycles. The second-order valence-corrected chi connectivity index (χ2v) is 10.3. The third kappa shape index (κ3) is 3.95. The minimum absolute atomic E-state index is 0.0366. The van der Waals surface area contributed by atoms with Gasteiger partial charge < -0.3 is 9.47 Å². The monoisotopic (exact) mass is 329 g/mol. The molecule has 0 spiro atoms. The first-order chi connectivity index (χ1) is 10.3. The molecule has 2 aromatic rings. The Morgan fingerprint density at radius 2 is 2.14 bits per heavy atom. The third-order valence-corrected chi connectivity index (χ3v) is 4.38. The normalized spacial score (nSPS) is 12.6. The Balaban J connectivity index is 2.21. The predicted molar refractivity (Wildman–Crippen MR) is 85.0 cm³/mol. The van der Waals surface area contributed by atoms with Gasteiger partial charge in [0.15, 0.2) is 11.3 Å². The molecule has 122 valence electrons. The van der Waals surface area contributed by atoms with Gasteiger partial charge in [0.1, 0.15) is 12.5 Å². The highest BCUT2D eigenvalue weighted by Gasteiger charge is 2.19. The van der Waals surface area contributed by atoms with Gasteiger partial charge in [-0.2, -0.15) is 5.10 Å². The summed E-state index contributed by atoms with van der Waals surface area (Å²) < 4.78 is 25.1. The molecule has 2 aromatic heterocycles. The van der Waals surface area contributed by atoms with Gasteiger partial charge in [0, 0.05) is 5.75 Å². The number of halogens is 1. The van der Waals surface area contributed by atoms with Crippen LogP contribution in [0, 0.1) is 5.82 Å². The summed E-state index contributed by atoms with van der Waals surface area (Å²) in [6, 6.07) is 1.22. The van der Waals surface area contributed by atoms with E-state index in [1.54, 1.807) is 0 Å². The van der Waals surface area contributed by atoms with E-state index < -0.39 is 21.8 Å². The standard InChI is InChI=1S/C14H20FN3O3S/c1-20-14(19)12-11-7-10(15)8-16-13(11)18(17-12)9-21-5-6-22(2,3)4/h7-8H,5-6,9H2,1-4H3. The van der Waals surface area contributed by atoms with Crippen LogP contribution in [-0.2, 0) is 16.2 Å². The van der Waals surface area contributed by atoms with E-state index in [4.69, 9.17) is 4.74 Å². The molecule has 0 aliphatic heterocycles. The fraction of sp³-hybridized carbons (Fsp3) is 0.500. The zero-order valence-corrected chi connectivity index (χ0v) is 13.9. The maximum absolute atomic E-state index is 13.4. The molecule has 0 bridgehead atoms. The van der Waals surface area contributed by atoms with Crippen molar-refractivity contribution in [1.82, 2.24) is 14.8 Å². The molecule has 0 aliphatic carbocycles. The second-order valence-electron chi connectivity index (χ2n) is 5.70. The molecule has 6 nitrogen and oxygen atoms in total. The van der Waals surface area contributed by atoms with Gasteiger partial charge in [-0.25, -0.2) is 28.9 Å². The zero-order valence-electron chi connectivity index (χ0n) is 13.1. The number of fused-ring (bicyclic) bond motifs is 1. The molecule has 22 heavy (non-hydrogen) atoms.